The van der Waals surface area contributed by atoms with E-state index < -0.39 is 6.55 Å². The zero-order chi connectivity index (χ0) is 16.8. The Bertz CT molecular complexity index is 559. The summed E-state index contributed by atoms with van der Waals surface area (Å²) in [6.45, 7) is -0.989. The molecular weight excluding hydrogens is 306 g/mol. The first-order valence-electron chi connectivity index (χ1n) is 7.55. The lowest BCUT2D eigenvalue weighted by Gasteiger charge is -2.34. The van der Waals surface area contributed by atoms with Crippen molar-refractivity contribution in [2.75, 3.05) is 20.1 Å². The number of rotatable bonds is 5. The Kier molecular flexibility index (Phi) is 5.89. The fourth-order valence-corrected chi connectivity index (χ4v) is 2.86. The smallest absolute Gasteiger partial charge is 0.319 e. The number of imidazole rings is 1. The van der Waals surface area contributed by atoms with E-state index in [1.54, 1.807) is 7.05 Å². The number of primary amides is 1. The van der Waals surface area contributed by atoms with Crippen molar-refractivity contribution in [1.29, 1.82) is 0 Å². The molecule has 1 unspecified atom stereocenters. The number of amides is 1. The van der Waals surface area contributed by atoms with Gasteiger partial charge in [-0.05, 0) is 18.8 Å². The molecule has 1 aromatic rings. The molecule has 0 bridgehead atoms. The minimum absolute atomic E-state index is 0.154. The Morgan fingerprint density at radius 2 is 2.39 bits per heavy atom. The van der Waals surface area contributed by atoms with Gasteiger partial charge in [-0.25, -0.2) is 4.98 Å². The van der Waals surface area contributed by atoms with Crippen molar-refractivity contribution in [2.45, 2.75) is 32.4 Å². The summed E-state index contributed by atoms with van der Waals surface area (Å²) in [4.78, 5) is 21.2. The summed E-state index contributed by atoms with van der Waals surface area (Å²) in [5, 5.41) is 3.05. The van der Waals surface area contributed by atoms with E-state index in [1.165, 1.54) is 12.4 Å². The van der Waals surface area contributed by atoms with Crippen LogP contribution >= 0.6 is 0 Å². The molecule has 128 valence electrons. The van der Waals surface area contributed by atoms with Gasteiger partial charge in [0.1, 0.15) is 5.82 Å². The molecular formula is C14H22F2N6O. The average Bonchev–Trinajstić information content (AvgIpc) is 2.96. The SMILES string of the molecule is CN=C(NCc1nccn1C(F)F)N1CCCC(CC(N)=O)C1. The number of nitrogens with one attached hydrogen (secondary N) is 1. The molecule has 1 atom stereocenters. The van der Waals surface area contributed by atoms with Crippen LogP contribution in [-0.4, -0.2) is 46.5 Å². The van der Waals surface area contributed by atoms with Crippen LogP contribution in [0.25, 0.3) is 0 Å². The molecule has 1 aromatic heterocycles. The second-order valence-corrected chi connectivity index (χ2v) is 5.55. The van der Waals surface area contributed by atoms with Gasteiger partial charge < -0.3 is 16.0 Å². The molecule has 1 fully saturated rings. The summed E-state index contributed by atoms with van der Waals surface area (Å²) in [7, 11) is 1.64. The molecule has 0 aliphatic carbocycles. The Morgan fingerprint density at radius 1 is 1.61 bits per heavy atom. The lowest BCUT2D eigenvalue weighted by atomic mass is 9.95. The number of guanidine groups is 1. The number of hydrogen-bond donors (Lipinski definition) is 2. The van der Waals surface area contributed by atoms with E-state index in [-0.39, 0.29) is 24.2 Å². The maximum atomic E-state index is 12.8. The van der Waals surface area contributed by atoms with Crippen molar-refractivity contribution in [3.05, 3.63) is 18.2 Å². The number of hydrogen-bond acceptors (Lipinski definition) is 3. The summed E-state index contributed by atoms with van der Waals surface area (Å²) >= 11 is 0. The van der Waals surface area contributed by atoms with E-state index in [2.05, 4.69) is 15.3 Å². The highest BCUT2D eigenvalue weighted by molar-refractivity contribution is 5.80. The van der Waals surface area contributed by atoms with E-state index in [0.717, 1.165) is 24.0 Å². The summed E-state index contributed by atoms with van der Waals surface area (Å²) in [6, 6.07) is 0. The average molecular weight is 328 g/mol. The molecule has 7 nitrogen and oxygen atoms in total. The third kappa shape index (κ3) is 4.64. The Labute approximate surface area is 133 Å². The minimum atomic E-state index is -2.62. The standard InChI is InChI=1S/C14H22F2N6O/c1-18-14(20-8-12-19-4-6-22(12)13(15)16)21-5-2-3-10(9-21)7-11(17)23/h4,6,10,13H,2-3,5,7-9H2,1H3,(H2,17,23)(H,18,20). The zero-order valence-electron chi connectivity index (χ0n) is 13.1. The van der Waals surface area contributed by atoms with Crippen LogP contribution in [0.2, 0.25) is 0 Å². The molecule has 1 aliphatic rings. The van der Waals surface area contributed by atoms with E-state index in [9.17, 15) is 13.6 Å². The van der Waals surface area contributed by atoms with Gasteiger partial charge in [-0.3, -0.25) is 14.4 Å². The van der Waals surface area contributed by atoms with Crippen LogP contribution < -0.4 is 11.1 Å². The van der Waals surface area contributed by atoms with Gasteiger partial charge in [0.2, 0.25) is 5.91 Å². The fraction of sp³-hybridized carbons (Fsp3) is 0.643. The number of aliphatic imine (C=N–C) groups is 1. The number of halogens is 2. The van der Waals surface area contributed by atoms with Crippen molar-refractivity contribution >= 4 is 11.9 Å². The highest BCUT2D eigenvalue weighted by atomic mass is 19.3. The Balaban J connectivity index is 1.94. The molecule has 1 amide bonds. The largest absolute Gasteiger partial charge is 0.370 e. The maximum absolute atomic E-state index is 12.8. The number of nitrogens with two attached hydrogens (primary N) is 1. The molecule has 0 spiro atoms. The molecule has 1 aliphatic heterocycles. The molecule has 9 heteroatoms. The number of nitrogens with zero attached hydrogens (tertiary/aromatic N) is 4. The first kappa shape index (κ1) is 17.2. The van der Waals surface area contributed by atoms with Crippen LogP contribution in [0.15, 0.2) is 17.4 Å². The molecule has 23 heavy (non-hydrogen) atoms. The predicted octanol–water partition coefficient (Wildman–Crippen LogP) is 0.941. The number of piperidine rings is 1. The van der Waals surface area contributed by atoms with E-state index in [0.29, 0.717) is 18.9 Å². The lowest BCUT2D eigenvalue weighted by molar-refractivity contribution is -0.119. The first-order valence-corrected chi connectivity index (χ1v) is 7.55. The van der Waals surface area contributed by atoms with E-state index in [1.807, 2.05) is 4.90 Å². The van der Waals surface area contributed by atoms with Gasteiger partial charge in [-0.2, -0.15) is 8.78 Å². The van der Waals surface area contributed by atoms with Crippen LogP contribution in [-0.2, 0) is 11.3 Å². The second-order valence-electron chi connectivity index (χ2n) is 5.55. The van der Waals surface area contributed by atoms with Gasteiger partial charge in [-0.15, -0.1) is 0 Å². The molecule has 0 saturated carbocycles. The molecule has 2 heterocycles. The topological polar surface area (TPSA) is 88.5 Å². The summed E-state index contributed by atoms with van der Waals surface area (Å²) in [6.07, 6.45) is 4.82. The van der Waals surface area contributed by atoms with Gasteiger partial charge in [-0.1, -0.05) is 0 Å². The molecule has 3 N–H and O–H groups in total. The highest BCUT2D eigenvalue weighted by Gasteiger charge is 2.23. The predicted molar refractivity (Wildman–Crippen MR) is 81.8 cm³/mol. The van der Waals surface area contributed by atoms with Crippen LogP contribution in [0.3, 0.4) is 0 Å². The van der Waals surface area contributed by atoms with Crippen molar-refractivity contribution in [1.82, 2.24) is 19.8 Å². The summed E-state index contributed by atoms with van der Waals surface area (Å²) in [5.41, 5.74) is 5.26. The number of alkyl halides is 2. The monoisotopic (exact) mass is 328 g/mol. The third-order valence-electron chi connectivity index (χ3n) is 3.88. The summed E-state index contributed by atoms with van der Waals surface area (Å²) < 4.78 is 26.4. The summed E-state index contributed by atoms with van der Waals surface area (Å²) in [5.74, 6) is 0.747. The van der Waals surface area contributed by atoms with Gasteiger partial charge in [0.25, 0.3) is 0 Å². The van der Waals surface area contributed by atoms with Crippen LogP contribution in [0, 0.1) is 5.92 Å². The van der Waals surface area contributed by atoms with Crippen molar-refractivity contribution in [2.24, 2.45) is 16.6 Å². The number of carbonyl (C=O) groups is 1. The van der Waals surface area contributed by atoms with Crippen LogP contribution in [0.5, 0.6) is 0 Å². The van der Waals surface area contributed by atoms with Crippen LogP contribution in [0.1, 0.15) is 31.6 Å². The maximum Gasteiger partial charge on any atom is 0.319 e. The number of likely N-dealkylation sites (tertiary alicyclic amines) is 1. The quantitative estimate of drug-likeness (QED) is 0.622. The third-order valence-corrected chi connectivity index (χ3v) is 3.88. The normalized spacial score (nSPS) is 19.2. The number of aromatic nitrogens is 2. The van der Waals surface area contributed by atoms with Crippen molar-refractivity contribution in [3.8, 4) is 0 Å². The van der Waals surface area contributed by atoms with E-state index >= 15 is 0 Å². The Hall–Kier alpha value is -2.19. The molecule has 0 aromatic carbocycles. The number of carbonyl (C=O) groups excluding carboxylic acids is 1. The van der Waals surface area contributed by atoms with Crippen molar-refractivity contribution < 1.29 is 13.6 Å². The van der Waals surface area contributed by atoms with E-state index in [4.69, 9.17) is 5.73 Å². The molecule has 0 radical (unpaired) electrons. The zero-order valence-corrected chi connectivity index (χ0v) is 13.1. The second kappa shape index (κ2) is 7.89. The van der Waals surface area contributed by atoms with Gasteiger partial charge in [0.15, 0.2) is 5.96 Å². The van der Waals surface area contributed by atoms with Gasteiger partial charge in [0, 0.05) is 39.0 Å². The Morgan fingerprint density at radius 3 is 3.04 bits per heavy atom. The van der Waals surface area contributed by atoms with Crippen molar-refractivity contribution in [3.63, 3.8) is 0 Å². The van der Waals surface area contributed by atoms with Crippen LogP contribution in [0.4, 0.5) is 8.78 Å². The fourth-order valence-electron chi connectivity index (χ4n) is 2.86. The molecule has 2 rings (SSSR count). The first-order chi connectivity index (χ1) is 11.0. The highest BCUT2D eigenvalue weighted by Crippen LogP contribution is 2.19. The minimum Gasteiger partial charge on any atom is -0.370 e. The van der Waals surface area contributed by atoms with Gasteiger partial charge >= 0.3 is 6.55 Å². The molecule has 1 saturated heterocycles. The lowest BCUT2D eigenvalue weighted by Crippen LogP contribution is -2.47. The van der Waals surface area contributed by atoms with Gasteiger partial charge in [0.05, 0.1) is 6.54 Å².